The molecule has 0 aliphatic carbocycles. The number of aromatic nitrogens is 3. The van der Waals surface area contributed by atoms with Gasteiger partial charge in [0.05, 0.1) is 21.9 Å². The highest BCUT2D eigenvalue weighted by atomic mass is 32.2. The van der Waals surface area contributed by atoms with Gasteiger partial charge in [-0.3, -0.25) is 9.88 Å². The van der Waals surface area contributed by atoms with Gasteiger partial charge in [0.2, 0.25) is 0 Å². The molecular weight excluding hydrogens is 607 g/mol. The van der Waals surface area contributed by atoms with Gasteiger partial charge in [0, 0.05) is 37.3 Å². The van der Waals surface area contributed by atoms with E-state index in [1.54, 1.807) is 6.92 Å². The Kier molecular flexibility index (Phi) is 6.48. The summed E-state index contributed by atoms with van der Waals surface area (Å²) in [6, 6.07) is 5.29. The number of aryl methyl sites for hydroxylation is 1. The zero-order valence-electron chi connectivity index (χ0n) is 24.6. The van der Waals surface area contributed by atoms with Gasteiger partial charge in [-0.2, -0.15) is 9.97 Å². The Morgan fingerprint density at radius 2 is 2.02 bits per heavy atom. The van der Waals surface area contributed by atoms with Gasteiger partial charge < -0.3 is 14.7 Å². The Labute approximate surface area is 258 Å². The molecule has 0 amide bonds. The number of hydrogen-bond acceptors (Lipinski definition) is 9. The maximum Gasteiger partial charge on any atom is 0.319 e. The lowest BCUT2D eigenvalue weighted by Gasteiger charge is -2.31. The number of ether oxygens (including phenoxy) is 1. The predicted molar refractivity (Wildman–Crippen MR) is 163 cm³/mol. The van der Waals surface area contributed by atoms with Crippen molar-refractivity contribution in [3.05, 3.63) is 47.7 Å². The van der Waals surface area contributed by atoms with Crippen LogP contribution in [0.4, 0.5) is 19.0 Å². The number of rotatable bonds is 6. The van der Waals surface area contributed by atoms with E-state index in [-0.39, 0.29) is 58.9 Å². The summed E-state index contributed by atoms with van der Waals surface area (Å²) in [4.78, 5) is 17.6. The minimum atomic E-state index is -3.22. The van der Waals surface area contributed by atoms with E-state index in [0.717, 1.165) is 19.4 Å². The van der Waals surface area contributed by atoms with Crippen LogP contribution < -0.4 is 9.64 Å². The monoisotopic (exact) mass is 639 g/mol. The number of nitrogens with zero attached hydrogens (tertiary/aromatic N) is 5. The predicted octanol–water partition coefficient (Wildman–Crippen LogP) is 4.72. The van der Waals surface area contributed by atoms with E-state index in [4.69, 9.17) is 4.74 Å². The van der Waals surface area contributed by atoms with Crippen molar-refractivity contribution in [2.75, 3.05) is 36.9 Å². The van der Waals surface area contributed by atoms with Crippen LogP contribution in [0.5, 0.6) is 11.8 Å². The van der Waals surface area contributed by atoms with Gasteiger partial charge in [-0.1, -0.05) is 13.0 Å². The van der Waals surface area contributed by atoms with E-state index in [0.29, 0.717) is 48.0 Å². The first-order valence-corrected chi connectivity index (χ1v) is 17.1. The first kappa shape index (κ1) is 28.7. The van der Waals surface area contributed by atoms with Crippen molar-refractivity contribution >= 4 is 37.3 Å². The molecule has 1 N–H and O–H groups in total. The Balaban J connectivity index is 1.28. The Morgan fingerprint density at radius 3 is 2.78 bits per heavy atom. The van der Waals surface area contributed by atoms with Crippen LogP contribution >= 0.6 is 0 Å². The van der Waals surface area contributed by atoms with Crippen molar-refractivity contribution in [3.63, 3.8) is 0 Å². The lowest BCUT2D eigenvalue weighted by atomic mass is 9.94. The number of aromatic hydroxyl groups is 1. The molecule has 2 aromatic heterocycles. The lowest BCUT2D eigenvalue weighted by molar-refractivity contribution is 0.107. The van der Waals surface area contributed by atoms with Crippen molar-refractivity contribution < 1.29 is 31.4 Å². The molecular formula is C32H32F3N5O4S. The van der Waals surface area contributed by atoms with E-state index in [1.807, 2.05) is 4.90 Å². The molecule has 4 fully saturated rings. The molecule has 3 unspecified atom stereocenters. The minimum Gasteiger partial charge on any atom is -0.508 e. The first-order chi connectivity index (χ1) is 21.6. The third kappa shape index (κ3) is 4.44. The van der Waals surface area contributed by atoms with E-state index in [9.17, 15) is 22.3 Å². The second kappa shape index (κ2) is 10.1. The Bertz CT molecular complexity index is 2000. The van der Waals surface area contributed by atoms with Crippen molar-refractivity contribution in [1.82, 2.24) is 19.9 Å². The molecule has 236 valence electrons. The maximum atomic E-state index is 16.8. The number of benzene rings is 2. The molecule has 4 aromatic rings. The van der Waals surface area contributed by atoms with Crippen LogP contribution in [0, 0.1) is 11.6 Å². The number of phenols is 1. The topological polar surface area (TPSA) is 109 Å². The standard InChI is InChI=1S/C32H32F3N5O4S/c1-2-22-25(34)5-4-17-8-20(41)10-23(26(17)22)28-27(35)29-24(12-36-28)30(40-14-21-9-19(40)15-45(21,42)43)38-31(37-29)44-16-32-6-3-7-39(32)13-18(33)11-32/h4-5,8,10,12,18-19,21,41H,2-3,6-7,9,11,13-16H2,1H3/t18-,19?,21?,32?/m1/s1. The number of anilines is 1. The average Bonchev–Trinajstić information content (AvgIpc) is 3.74. The van der Waals surface area contributed by atoms with Crippen LogP contribution in [0.15, 0.2) is 30.5 Å². The quantitative estimate of drug-likeness (QED) is 0.321. The van der Waals surface area contributed by atoms with E-state index >= 15 is 4.39 Å². The number of halogens is 3. The summed E-state index contributed by atoms with van der Waals surface area (Å²) in [7, 11) is -3.22. The van der Waals surface area contributed by atoms with Gasteiger partial charge in [-0.05, 0) is 66.8 Å². The molecule has 4 atom stereocenters. The van der Waals surface area contributed by atoms with Crippen LogP contribution in [0.1, 0.15) is 38.2 Å². The van der Waals surface area contributed by atoms with Gasteiger partial charge in [-0.25, -0.2) is 21.6 Å². The summed E-state index contributed by atoms with van der Waals surface area (Å²) < 4.78 is 77.4. The number of hydrogen-bond donors (Lipinski definition) is 1. The van der Waals surface area contributed by atoms with Crippen LogP contribution in [-0.2, 0) is 16.3 Å². The second-order valence-electron chi connectivity index (χ2n) is 12.8. The summed E-state index contributed by atoms with van der Waals surface area (Å²) in [6.07, 6.45) is 3.30. The fraction of sp³-hybridized carbons (Fsp3) is 0.469. The SMILES string of the molecule is CCc1c(F)ccc2cc(O)cc(-c3ncc4c(N5CC6CC5CS6(=O)=O)nc(OCC56CCCN5C[C@H](F)C6)nc4c3F)c12. The van der Waals surface area contributed by atoms with Crippen LogP contribution in [0.2, 0.25) is 0 Å². The highest BCUT2D eigenvalue weighted by Gasteiger charge is 2.51. The molecule has 4 saturated heterocycles. The number of pyridine rings is 1. The lowest BCUT2D eigenvalue weighted by Crippen LogP contribution is -2.43. The second-order valence-corrected chi connectivity index (χ2v) is 15.2. The Hall–Kier alpha value is -3.71. The molecule has 0 spiro atoms. The smallest absolute Gasteiger partial charge is 0.319 e. The third-order valence-electron chi connectivity index (χ3n) is 10.2. The molecule has 9 nitrogen and oxygen atoms in total. The van der Waals surface area contributed by atoms with Gasteiger partial charge in [0.15, 0.2) is 15.7 Å². The minimum absolute atomic E-state index is 0.0239. The highest BCUT2D eigenvalue weighted by Crippen LogP contribution is 2.43. The van der Waals surface area contributed by atoms with Gasteiger partial charge in [-0.15, -0.1) is 0 Å². The number of fused-ring (bicyclic) bond motifs is 5. The van der Waals surface area contributed by atoms with E-state index in [1.165, 1.54) is 30.5 Å². The van der Waals surface area contributed by atoms with Crippen molar-refractivity contribution in [2.45, 2.75) is 62.0 Å². The normalized spacial score (nSPS) is 27.2. The fourth-order valence-electron chi connectivity index (χ4n) is 8.13. The highest BCUT2D eigenvalue weighted by molar-refractivity contribution is 7.92. The molecule has 8 rings (SSSR count). The molecule has 4 aliphatic heterocycles. The molecule has 0 radical (unpaired) electrons. The molecule has 6 heterocycles. The van der Waals surface area contributed by atoms with E-state index in [2.05, 4.69) is 19.9 Å². The van der Waals surface area contributed by atoms with E-state index < -0.39 is 38.4 Å². The van der Waals surface area contributed by atoms with Gasteiger partial charge in [0.1, 0.15) is 41.4 Å². The summed E-state index contributed by atoms with van der Waals surface area (Å²) in [5, 5.41) is 11.3. The summed E-state index contributed by atoms with van der Waals surface area (Å²) in [6.45, 7) is 3.27. The van der Waals surface area contributed by atoms with Gasteiger partial charge >= 0.3 is 6.01 Å². The molecule has 2 bridgehead atoms. The first-order valence-electron chi connectivity index (χ1n) is 15.4. The zero-order valence-corrected chi connectivity index (χ0v) is 25.5. The number of sulfone groups is 1. The summed E-state index contributed by atoms with van der Waals surface area (Å²) >= 11 is 0. The number of alkyl halides is 1. The van der Waals surface area contributed by atoms with Crippen molar-refractivity contribution in [2.24, 2.45) is 0 Å². The molecule has 0 saturated carbocycles. The third-order valence-corrected chi connectivity index (χ3v) is 12.4. The molecule has 13 heteroatoms. The number of phenolic OH excluding ortho intramolecular Hbond substituents is 1. The molecule has 2 aromatic carbocycles. The summed E-state index contributed by atoms with van der Waals surface area (Å²) in [5.41, 5.74) is -0.112. The van der Waals surface area contributed by atoms with Crippen molar-refractivity contribution in [3.8, 4) is 23.0 Å². The maximum absolute atomic E-state index is 16.8. The average molecular weight is 640 g/mol. The van der Waals surface area contributed by atoms with Gasteiger partial charge in [0.25, 0.3) is 0 Å². The summed E-state index contributed by atoms with van der Waals surface area (Å²) in [5.74, 6) is -1.07. The molecule has 4 aliphatic rings. The molecule has 45 heavy (non-hydrogen) atoms. The zero-order chi connectivity index (χ0) is 31.2. The van der Waals surface area contributed by atoms with Crippen LogP contribution in [-0.4, -0.2) is 88.4 Å². The van der Waals surface area contributed by atoms with Crippen LogP contribution in [0.3, 0.4) is 0 Å². The largest absolute Gasteiger partial charge is 0.508 e. The fourth-order valence-corrected chi connectivity index (χ4v) is 10.2. The van der Waals surface area contributed by atoms with Crippen molar-refractivity contribution in [1.29, 1.82) is 0 Å². The van der Waals surface area contributed by atoms with Crippen LogP contribution in [0.25, 0.3) is 32.9 Å². The Morgan fingerprint density at radius 1 is 1.18 bits per heavy atom.